The molecule has 0 saturated heterocycles. The lowest BCUT2D eigenvalue weighted by molar-refractivity contribution is 0.250. The zero-order valence-corrected chi connectivity index (χ0v) is 16.1. The molecule has 5 rings (SSSR count). The summed E-state index contributed by atoms with van der Waals surface area (Å²) >= 11 is 0. The Hall–Kier alpha value is -3.73. The summed E-state index contributed by atoms with van der Waals surface area (Å²) in [7, 11) is 0. The van der Waals surface area contributed by atoms with Crippen LogP contribution in [0.5, 0.6) is 0 Å². The number of carbonyl (C=O) groups excluding carboxylic acids is 1. The van der Waals surface area contributed by atoms with Crippen LogP contribution in [0.1, 0.15) is 11.1 Å². The standard InChI is InChI=1S/C25H18F2N2O/c26-20-11-7-17(8-12-20)15-28-22-5-1-3-19-4-2-6-23(24(19)22)29(25(28)30)16-18-9-13-21(27)14-10-18/h1-14H,15-16H2. The highest BCUT2D eigenvalue weighted by molar-refractivity contribution is 6.19. The second kappa shape index (κ2) is 7.26. The zero-order valence-electron chi connectivity index (χ0n) is 16.1. The molecule has 5 heteroatoms. The van der Waals surface area contributed by atoms with Crippen molar-refractivity contribution in [3.63, 3.8) is 0 Å². The number of halogens is 2. The minimum atomic E-state index is -0.311. The number of carbonyl (C=O) groups is 1. The number of nitrogens with zero attached hydrogens (tertiary/aromatic N) is 2. The van der Waals surface area contributed by atoms with E-state index in [1.165, 1.54) is 24.3 Å². The van der Waals surface area contributed by atoms with Gasteiger partial charge in [-0.3, -0.25) is 9.80 Å². The van der Waals surface area contributed by atoms with Crippen LogP contribution in [0.2, 0.25) is 0 Å². The fourth-order valence-electron chi connectivity index (χ4n) is 3.95. The fraction of sp³-hybridized carbons (Fsp3) is 0.0800. The molecule has 0 bridgehead atoms. The average Bonchev–Trinajstić information content (AvgIpc) is 2.76. The molecule has 0 atom stereocenters. The molecule has 0 fully saturated rings. The van der Waals surface area contributed by atoms with Crippen LogP contribution in [0, 0.1) is 11.6 Å². The van der Waals surface area contributed by atoms with Gasteiger partial charge in [0.2, 0.25) is 0 Å². The predicted octanol–water partition coefficient (Wildman–Crippen LogP) is 6.26. The lowest BCUT2D eigenvalue weighted by atomic mass is 10.0. The van der Waals surface area contributed by atoms with Crippen molar-refractivity contribution in [1.82, 2.24) is 0 Å². The first-order valence-corrected chi connectivity index (χ1v) is 9.70. The van der Waals surface area contributed by atoms with E-state index in [2.05, 4.69) is 0 Å². The molecule has 3 nitrogen and oxygen atoms in total. The number of anilines is 2. The zero-order chi connectivity index (χ0) is 20.7. The van der Waals surface area contributed by atoms with Gasteiger partial charge >= 0.3 is 6.03 Å². The Bertz CT molecular complexity index is 1140. The molecule has 0 N–H and O–H groups in total. The van der Waals surface area contributed by atoms with Gasteiger partial charge in [-0.05, 0) is 52.9 Å². The highest BCUT2D eigenvalue weighted by Gasteiger charge is 2.32. The van der Waals surface area contributed by atoms with E-state index in [1.54, 1.807) is 34.1 Å². The maximum Gasteiger partial charge on any atom is 0.329 e. The molecule has 0 spiro atoms. The van der Waals surface area contributed by atoms with Crippen molar-refractivity contribution in [3.8, 4) is 0 Å². The molecule has 148 valence electrons. The Morgan fingerprint density at radius 3 is 1.47 bits per heavy atom. The van der Waals surface area contributed by atoms with Crippen LogP contribution in [-0.2, 0) is 13.1 Å². The number of hydrogen-bond donors (Lipinski definition) is 0. The maximum absolute atomic E-state index is 13.6. The maximum atomic E-state index is 13.6. The van der Waals surface area contributed by atoms with Crippen molar-refractivity contribution in [1.29, 1.82) is 0 Å². The van der Waals surface area contributed by atoms with Crippen molar-refractivity contribution in [3.05, 3.63) is 108 Å². The summed E-state index contributed by atoms with van der Waals surface area (Å²) in [6, 6.07) is 23.9. The van der Waals surface area contributed by atoms with E-state index < -0.39 is 0 Å². The summed E-state index contributed by atoms with van der Waals surface area (Å²) in [6.45, 7) is 0.652. The van der Waals surface area contributed by atoms with Gasteiger partial charge in [0.25, 0.3) is 0 Å². The highest BCUT2D eigenvalue weighted by Crippen LogP contribution is 2.41. The van der Waals surface area contributed by atoms with E-state index in [0.717, 1.165) is 33.3 Å². The van der Waals surface area contributed by atoms with Gasteiger partial charge in [0.1, 0.15) is 11.6 Å². The third kappa shape index (κ3) is 3.18. The predicted molar refractivity (Wildman–Crippen MR) is 115 cm³/mol. The Morgan fingerprint density at radius 2 is 1.03 bits per heavy atom. The van der Waals surface area contributed by atoms with Crippen molar-refractivity contribution in [2.45, 2.75) is 13.1 Å². The lowest BCUT2D eigenvalue weighted by Gasteiger charge is -2.37. The van der Waals surface area contributed by atoms with E-state index in [0.29, 0.717) is 13.1 Å². The number of benzene rings is 4. The summed E-state index contributed by atoms with van der Waals surface area (Å²) in [5.41, 5.74) is 3.33. The third-order valence-electron chi connectivity index (χ3n) is 5.41. The van der Waals surface area contributed by atoms with E-state index in [9.17, 15) is 13.6 Å². The van der Waals surface area contributed by atoms with Crippen molar-refractivity contribution in [2.24, 2.45) is 0 Å². The molecule has 4 aromatic rings. The fourth-order valence-corrected chi connectivity index (χ4v) is 3.95. The van der Waals surface area contributed by atoms with Gasteiger partial charge in [0.15, 0.2) is 0 Å². The van der Waals surface area contributed by atoms with Crippen molar-refractivity contribution in [2.75, 3.05) is 9.80 Å². The molecule has 0 unspecified atom stereocenters. The number of rotatable bonds is 4. The topological polar surface area (TPSA) is 23.6 Å². The first-order chi connectivity index (χ1) is 14.6. The minimum absolute atomic E-state index is 0.171. The summed E-state index contributed by atoms with van der Waals surface area (Å²) in [5, 5.41) is 2.02. The smallest absolute Gasteiger partial charge is 0.289 e. The van der Waals surface area contributed by atoms with Gasteiger partial charge in [0, 0.05) is 5.39 Å². The quantitative estimate of drug-likeness (QED) is 0.396. The second-order valence-corrected chi connectivity index (χ2v) is 7.36. The van der Waals surface area contributed by atoms with Crippen LogP contribution in [-0.4, -0.2) is 6.03 Å². The number of amides is 2. The Balaban J connectivity index is 1.61. The molecule has 30 heavy (non-hydrogen) atoms. The molecule has 1 aliphatic rings. The van der Waals surface area contributed by atoms with Gasteiger partial charge in [-0.1, -0.05) is 48.5 Å². The summed E-state index contributed by atoms with van der Waals surface area (Å²) < 4.78 is 26.7. The summed E-state index contributed by atoms with van der Waals surface area (Å²) in [4.78, 5) is 17.0. The first-order valence-electron chi connectivity index (χ1n) is 9.70. The van der Waals surface area contributed by atoms with E-state index in [1.807, 2.05) is 36.4 Å². The van der Waals surface area contributed by atoms with Crippen molar-refractivity contribution >= 4 is 28.2 Å². The molecule has 0 saturated carbocycles. The number of hydrogen-bond acceptors (Lipinski definition) is 1. The molecule has 0 radical (unpaired) electrons. The van der Waals surface area contributed by atoms with Crippen molar-refractivity contribution < 1.29 is 13.6 Å². The molecule has 4 aromatic carbocycles. The SMILES string of the molecule is O=C1N(Cc2ccc(F)cc2)c2cccc3cccc(c23)N1Cc1ccc(F)cc1. The Kier molecular flexibility index (Phi) is 4.43. The van der Waals surface area contributed by atoms with Gasteiger partial charge in [0.05, 0.1) is 24.5 Å². The number of urea groups is 1. The average molecular weight is 400 g/mol. The van der Waals surface area contributed by atoms with Crippen LogP contribution in [0.3, 0.4) is 0 Å². The molecule has 1 aliphatic heterocycles. The van der Waals surface area contributed by atoms with Gasteiger partial charge in [-0.2, -0.15) is 0 Å². The van der Waals surface area contributed by atoms with Crippen LogP contribution >= 0.6 is 0 Å². The monoisotopic (exact) mass is 400 g/mol. The van der Waals surface area contributed by atoms with E-state index in [4.69, 9.17) is 0 Å². The molecule has 1 heterocycles. The largest absolute Gasteiger partial charge is 0.329 e. The molecular formula is C25H18F2N2O. The van der Waals surface area contributed by atoms with Gasteiger partial charge in [-0.15, -0.1) is 0 Å². The van der Waals surface area contributed by atoms with Crippen LogP contribution in [0.4, 0.5) is 25.0 Å². The summed E-state index contributed by atoms with van der Waals surface area (Å²) in [6.07, 6.45) is 0. The molecule has 2 amide bonds. The normalized spacial score (nSPS) is 13.2. The van der Waals surface area contributed by atoms with Crippen LogP contribution in [0.15, 0.2) is 84.9 Å². The second-order valence-electron chi connectivity index (χ2n) is 7.36. The van der Waals surface area contributed by atoms with Gasteiger partial charge in [-0.25, -0.2) is 13.6 Å². The highest BCUT2D eigenvalue weighted by atomic mass is 19.1. The molecular weight excluding hydrogens is 382 g/mol. The lowest BCUT2D eigenvalue weighted by Crippen LogP contribution is -2.45. The Labute approximate surface area is 172 Å². The Morgan fingerprint density at radius 1 is 0.600 bits per heavy atom. The van der Waals surface area contributed by atoms with E-state index in [-0.39, 0.29) is 17.7 Å². The molecule has 0 aromatic heterocycles. The van der Waals surface area contributed by atoms with E-state index >= 15 is 0 Å². The minimum Gasteiger partial charge on any atom is -0.289 e. The van der Waals surface area contributed by atoms with Gasteiger partial charge < -0.3 is 0 Å². The van der Waals surface area contributed by atoms with Crippen LogP contribution in [0.25, 0.3) is 10.8 Å². The first kappa shape index (κ1) is 18.3. The molecule has 0 aliphatic carbocycles. The summed E-state index contributed by atoms with van der Waals surface area (Å²) in [5.74, 6) is -0.622. The van der Waals surface area contributed by atoms with Crippen LogP contribution < -0.4 is 9.80 Å². The third-order valence-corrected chi connectivity index (χ3v) is 5.41.